The van der Waals surface area contributed by atoms with Gasteiger partial charge >= 0.3 is 12.1 Å². The number of benzene rings is 5. The highest BCUT2D eigenvalue weighted by molar-refractivity contribution is 5.99. The summed E-state index contributed by atoms with van der Waals surface area (Å²) in [5, 5.41) is 20.1. The summed E-state index contributed by atoms with van der Waals surface area (Å²) in [6.45, 7) is 5.42. The van der Waals surface area contributed by atoms with Crippen LogP contribution in [-0.4, -0.2) is 83.9 Å². The van der Waals surface area contributed by atoms with E-state index in [1.807, 2.05) is 127 Å². The number of alkyl carbamates (subject to hydrolysis) is 1. The lowest BCUT2D eigenvalue weighted by Gasteiger charge is -2.46. The van der Waals surface area contributed by atoms with Gasteiger partial charge in [0, 0.05) is 0 Å². The molecule has 0 bridgehead atoms. The van der Waals surface area contributed by atoms with E-state index in [4.69, 9.17) is 28.4 Å². The fourth-order valence-corrected chi connectivity index (χ4v) is 7.28. The zero-order chi connectivity index (χ0) is 46.7. The summed E-state index contributed by atoms with van der Waals surface area (Å²) >= 11 is 0. The molecule has 0 aromatic heterocycles. The molecule has 348 valence electrons. The van der Waals surface area contributed by atoms with Gasteiger partial charge in [-0.1, -0.05) is 152 Å². The number of hydrogen-bond donors (Lipinski definition) is 4. The van der Waals surface area contributed by atoms with Gasteiger partial charge in [0.2, 0.25) is 5.91 Å². The fourth-order valence-electron chi connectivity index (χ4n) is 7.28. The van der Waals surface area contributed by atoms with E-state index in [0.29, 0.717) is 5.56 Å². The zero-order valence-electron chi connectivity index (χ0n) is 37.5. The summed E-state index contributed by atoms with van der Waals surface area (Å²) < 4.78 is 36.6. The molecular formula is C52H59N3O11. The van der Waals surface area contributed by atoms with Gasteiger partial charge < -0.3 is 38.8 Å². The number of hydrogen-bond acceptors (Lipinski definition) is 12. The first-order chi connectivity index (χ1) is 31.9. The fraction of sp³-hybridized carbons (Fsp3) is 0.346. The van der Waals surface area contributed by atoms with E-state index >= 15 is 0 Å². The van der Waals surface area contributed by atoms with Crippen molar-refractivity contribution in [3.63, 3.8) is 0 Å². The van der Waals surface area contributed by atoms with Gasteiger partial charge in [-0.05, 0) is 55.0 Å². The molecule has 1 heterocycles. The first kappa shape index (κ1) is 49.2. The molecule has 5 aromatic rings. The van der Waals surface area contributed by atoms with Crippen LogP contribution in [0.1, 0.15) is 55.0 Å². The van der Waals surface area contributed by atoms with Crippen molar-refractivity contribution in [1.29, 1.82) is 0 Å². The van der Waals surface area contributed by atoms with Gasteiger partial charge in [0.25, 0.3) is 5.91 Å². The molecule has 0 spiro atoms. The molecule has 14 nitrogen and oxygen atoms in total. The van der Waals surface area contributed by atoms with Crippen molar-refractivity contribution in [3.05, 3.63) is 179 Å². The zero-order valence-corrected chi connectivity index (χ0v) is 37.5. The predicted octanol–water partition coefficient (Wildman–Crippen LogP) is 6.33. The average Bonchev–Trinajstić information content (AvgIpc) is 3.31. The normalized spacial score (nSPS) is 19.2. The number of ether oxygens (including phenoxy) is 6. The predicted molar refractivity (Wildman–Crippen MR) is 245 cm³/mol. The van der Waals surface area contributed by atoms with Crippen LogP contribution in [0.5, 0.6) is 0 Å². The highest BCUT2D eigenvalue weighted by Gasteiger charge is 2.48. The number of nitrogens with one attached hydrogen (secondary N) is 3. The van der Waals surface area contributed by atoms with Crippen LogP contribution in [0.15, 0.2) is 152 Å². The maximum atomic E-state index is 14.7. The van der Waals surface area contributed by atoms with E-state index in [1.165, 1.54) is 0 Å². The molecule has 5 aromatic carbocycles. The molecule has 66 heavy (non-hydrogen) atoms. The van der Waals surface area contributed by atoms with E-state index < -0.39 is 78.6 Å². The molecule has 0 radical (unpaired) electrons. The van der Waals surface area contributed by atoms with Crippen molar-refractivity contribution in [2.75, 3.05) is 6.61 Å². The second-order valence-corrected chi connectivity index (χ2v) is 16.9. The Morgan fingerprint density at radius 2 is 1.08 bits per heavy atom. The topological polar surface area (TPSA) is 180 Å². The van der Waals surface area contributed by atoms with Gasteiger partial charge in [0.05, 0.1) is 44.9 Å². The minimum atomic E-state index is -1.58. The Labute approximate surface area is 385 Å². The molecule has 4 N–H and O–H groups in total. The summed E-state index contributed by atoms with van der Waals surface area (Å²) in [6.07, 6.45) is -5.81. The van der Waals surface area contributed by atoms with Gasteiger partial charge in [-0.3, -0.25) is 25.0 Å². The third-order valence-electron chi connectivity index (χ3n) is 10.5. The number of carbonyl (C=O) groups excluding carboxylic acids is 4. The second kappa shape index (κ2) is 24.9. The summed E-state index contributed by atoms with van der Waals surface area (Å²) in [5.41, 5.74) is 3.19. The van der Waals surface area contributed by atoms with E-state index in [1.54, 1.807) is 45.0 Å². The first-order valence-electron chi connectivity index (χ1n) is 22.0. The molecule has 7 atom stereocenters. The Hall–Kier alpha value is -6.26. The number of amides is 3. The van der Waals surface area contributed by atoms with Crippen LogP contribution in [0.2, 0.25) is 0 Å². The first-order valence-corrected chi connectivity index (χ1v) is 22.0. The maximum absolute atomic E-state index is 14.7. The number of esters is 1. The molecule has 1 aliphatic heterocycles. The molecule has 1 fully saturated rings. The van der Waals surface area contributed by atoms with Gasteiger partial charge in [0.15, 0.2) is 6.29 Å². The van der Waals surface area contributed by atoms with Gasteiger partial charge in [0.1, 0.15) is 36.6 Å². The van der Waals surface area contributed by atoms with E-state index in [-0.39, 0.29) is 39.5 Å². The van der Waals surface area contributed by atoms with E-state index in [0.717, 1.165) is 22.3 Å². The number of rotatable bonds is 21. The summed E-state index contributed by atoms with van der Waals surface area (Å²) in [6, 6.07) is 43.0. The van der Waals surface area contributed by atoms with Crippen LogP contribution in [-0.2, 0) is 75.7 Å². The van der Waals surface area contributed by atoms with Gasteiger partial charge in [-0.2, -0.15) is 0 Å². The highest BCUT2D eigenvalue weighted by atomic mass is 16.7. The molecule has 0 aliphatic carbocycles. The maximum Gasteiger partial charge on any atom is 0.414 e. The lowest BCUT2D eigenvalue weighted by Crippen LogP contribution is -2.68. The lowest BCUT2D eigenvalue weighted by molar-refractivity contribution is -0.279. The monoisotopic (exact) mass is 901 g/mol. The van der Waals surface area contributed by atoms with Crippen LogP contribution >= 0.6 is 0 Å². The van der Waals surface area contributed by atoms with Crippen LogP contribution in [0.4, 0.5) is 4.79 Å². The molecular weight excluding hydrogens is 843 g/mol. The van der Waals surface area contributed by atoms with Crippen molar-refractivity contribution in [2.24, 2.45) is 0 Å². The molecule has 3 amide bonds. The Balaban J connectivity index is 1.29. The van der Waals surface area contributed by atoms with Crippen molar-refractivity contribution >= 4 is 23.9 Å². The van der Waals surface area contributed by atoms with Crippen LogP contribution in [0.25, 0.3) is 0 Å². The van der Waals surface area contributed by atoms with Crippen LogP contribution in [0.3, 0.4) is 0 Å². The van der Waals surface area contributed by atoms with E-state index in [9.17, 15) is 24.3 Å². The molecule has 0 saturated carbocycles. The Morgan fingerprint density at radius 3 is 1.59 bits per heavy atom. The number of imide groups is 1. The van der Waals surface area contributed by atoms with Gasteiger partial charge in [-0.25, -0.2) is 4.79 Å². The highest BCUT2D eigenvalue weighted by Crippen LogP contribution is 2.29. The van der Waals surface area contributed by atoms with E-state index in [2.05, 4.69) is 16.0 Å². The van der Waals surface area contributed by atoms with Crippen molar-refractivity contribution < 1.29 is 52.7 Å². The third-order valence-corrected chi connectivity index (χ3v) is 10.5. The SMILES string of the molecule is CC(C)(C)OC(=O)NC(=O)[C@H](CC(=O)OCc1ccccc1)NC(=O)[C@H](Cc1ccccc1)N[C@@H]1[C@@H](OCc2ccccc2)[C@H](OCc2ccccc2)[C@@H](COCc2ccccc2)O[C@@H]1O. The molecule has 6 rings (SSSR count). The molecule has 14 heteroatoms. The summed E-state index contributed by atoms with van der Waals surface area (Å²) in [7, 11) is 0. The molecule has 1 aliphatic rings. The van der Waals surface area contributed by atoms with Crippen molar-refractivity contribution in [1.82, 2.24) is 16.0 Å². The standard InChI is InChI=1S/C52H59N3O11/c1-52(2,3)66-51(60)55-49(58)42(30-44(56)62-32-38-23-13-6-14-24-38)54-48(57)41(29-36-19-9-4-10-20-36)53-45-47(64-34-40-27-17-8-18-28-40)46(63-33-39-25-15-7-16-26-39)43(65-50(45)59)35-61-31-37-21-11-5-12-22-37/h4-28,41-43,45-47,50,53,59H,29-35H2,1-3H3,(H,54,57)(H,55,58,60)/t41-,42-,43+,45+,46+,47+,50-/m0/s1. The largest absolute Gasteiger partial charge is 0.461 e. The second-order valence-electron chi connectivity index (χ2n) is 16.9. The minimum absolute atomic E-state index is 0.0338. The molecule has 1 saturated heterocycles. The lowest BCUT2D eigenvalue weighted by atomic mass is 9.94. The molecule has 0 unspecified atom stereocenters. The van der Waals surface area contributed by atoms with Crippen LogP contribution in [0, 0.1) is 0 Å². The minimum Gasteiger partial charge on any atom is -0.461 e. The van der Waals surface area contributed by atoms with Crippen molar-refractivity contribution in [3.8, 4) is 0 Å². The van der Waals surface area contributed by atoms with Crippen LogP contribution < -0.4 is 16.0 Å². The van der Waals surface area contributed by atoms with Crippen molar-refractivity contribution in [2.45, 2.75) is 108 Å². The number of aliphatic hydroxyl groups is 1. The summed E-state index contributed by atoms with van der Waals surface area (Å²) in [4.78, 5) is 54.5. The Morgan fingerprint density at radius 1 is 0.606 bits per heavy atom. The Bertz CT molecular complexity index is 2250. The smallest absolute Gasteiger partial charge is 0.414 e. The summed E-state index contributed by atoms with van der Waals surface area (Å²) in [5.74, 6) is -2.53. The number of aliphatic hydroxyl groups excluding tert-OH is 1. The van der Waals surface area contributed by atoms with Gasteiger partial charge in [-0.15, -0.1) is 0 Å². The average molecular weight is 902 g/mol. The third kappa shape index (κ3) is 16.0. The number of carbonyl (C=O) groups is 4. The Kier molecular flexibility index (Phi) is 18.5. The quantitative estimate of drug-likeness (QED) is 0.0603.